The number of nitrogens with one attached hydrogen (secondary N) is 3. The molecule has 0 saturated carbocycles. The zero-order chi connectivity index (χ0) is 21.8. The number of imide groups is 1. The second-order valence-corrected chi connectivity index (χ2v) is 7.45. The van der Waals surface area contributed by atoms with Gasteiger partial charge in [0.15, 0.2) is 5.78 Å². The summed E-state index contributed by atoms with van der Waals surface area (Å²) < 4.78 is 0. The van der Waals surface area contributed by atoms with Crippen LogP contribution in [0.5, 0.6) is 0 Å². The molecule has 1 aliphatic heterocycles. The Morgan fingerprint density at radius 3 is 2.24 bits per heavy atom. The van der Waals surface area contributed by atoms with Gasteiger partial charge in [-0.1, -0.05) is 20.3 Å². The summed E-state index contributed by atoms with van der Waals surface area (Å²) in [5.74, 6) is -1.22. The maximum Gasteiger partial charge on any atom is 0.239 e. The van der Waals surface area contributed by atoms with E-state index in [1.165, 1.54) is 4.90 Å². The zero-order valence-electron chi connectivity index (χ0n) is 17.7. The average Bonchev–Trinajstić information content (AvgIpc) is 3.00. The summed E-state index contributed by atoms with van der Waals surface area (Å²) in [5.41, 5.74) is 0. The Morgan fingerprint density at radius 1 is 1.00 bits per heavy atom. The van der Waals surface area contributed by atoms with Crippen LogP contribution in [0.15, 0.2) is 0 Å². The third-order valence-electron chi connectivity index (χ3n) is 4.95. The molecular weight excluding hydrogens is 376 g/mol. The van der Waals surface area contributed by atoms with Crippen LogP contribution in [0.4, 0.5) is 0 Å². The van der Waals surface area contributed by atoms with Crippen molar-refractivity contribution in [1.82, 2.24) is 20.9 Å². The highest BCUT2D eigenvalue weighted by molar-refractivity contribution is 6.01. The molecular formula is C20H34N4O5. The van der Waals surface area contributed by atoms with Gasteiger partial charge in [-0.25, -0.2) is 0 Å². The zero-order valence-corrected chi connectivity index (χ0v) is 17.7. The number of amides is 4. The van der Waals surface area contributed by atoms with Crippen LogP contribution >= 0.6 is 0 Å². The van der Waals surface area contributed by atoms with E-state index < -0.39 is 11.9 Å². The molecule has 1 fully saturated rings. The highest BCUT2D eigenvalue weighted by Gasteiger charge is 2.29. The predicted octanol–water partition coefficient (Wildman–Crippen LogP) is 0.131. The summed E-state index contributed by atoms with van der Waals surface area (Å²) in [6.07, 6.45) is 3.75. The minimum absolute atomic E-state index is 0.0323. The minimum atomic E-state index is -0.643. The van der Waals surface area contributed by atoms with Gasteiger partial charge in [0.1, 0.15) is 0 Å². The first-order valence-electron chi connectivity index (χ1n) is 10.4. The topological polar surface area (TPSA) is 125 Å². The molecule has 1 rings (SSSR count). The van der Waals surface area contributed by atoms with Gasteiger partial charge in [-0.05, 0) is 32.7 Å². The van der Waals surface area contributed by atoms with Crippen molar-refractivity contribution in [2.45, 2.75) is 64.8 Å². The second kappa shape index (κ2) is 13.0. The monoisotopic (exact) mass is 410 g/mol. The Morgan fingerprint density at radius 2 is 1.66 bits per heavy atom. The van der Waals surface area contributed by atoms with Gasteiger partial charge in [0, 0.05) is 25.3 Å². The molecule has 3 N–H and O–H groups in total. The van der Waals surface area contributed by atoms with Crippen LogP contribution in [0.2, 0.25) is 0 Å². The lowest BCUT2D eigenvalue weighted by atomic mass is 9.92. The number of rotatable bonds is 14. The van der Waals surface area contributed by atoms with Crippen molar-refractivity contribution >= 4 is 29.4 Å². The largest absolute Gasteiger partial charge is 0.346 e. The van der Waals surface area contributed by atoms with Crippen LogP contribution < -0.4 is 16.0 Å². The van der Waals surface area contributed by atoms with Crippen LogP contribution in [0.3, 0.4) is 0 Å². The SMILES string of the molecule is CCCC(C)C(=O)[C@H](CCCCN1C(=O)CCC1=O)NC(=O)CNC(=O)CNC. The lowest BCUT2D eigenvalue weighted by Crippen LogP contribution is -2.47. The Bertz CT molecular complexity index is 592. The van der Waals surface area contributed by atoms with Gasteiger partial charge in [-0.2, -0.15) is 0 Å². The Labute approximate surface area is 172 Å². The smallest absolute Gasteiger partial charge is 0.239 e. The van der Waals surface area contributed by atoms with Gasteiger partial charge in [0.05, 0.1) is 19.1 Å². The molecule has 0 aromatic carbocycles. The molecule has 9 nitrogen and oxygen atoms in total. The van der Waals surface area contributed by atoms with Crippen LogP contribution in [0, 0.1) is 5.92 Å². The molecule has 1 aliphatic rings. The van der Waals surface area contributed by atoms with E-state index in [0.717, 1.165) is 12.8 Å². The molecule has 0 aromatic rings. The maximum absolute atomic E-state index is 12.7. The third-order valence-corrected chi connectivity index (χ3v) is 4.95. The number of ketones is 1. The van der Waals surface area contributed by atoms with Gasteiger partial charge < -0.3 is 16.0 Å². The summed E-state index contributed by atoms with van der Waals surface area (Å²) in [5, 5.41) is 7.91. The van der Waals surface area contributed by atoms with Crippen molar-refractivity contribution in [3.63, 3.8) is 0 Å². The van der Waals surface area contributed by atoms with Gasteiger partial charge in [0.25, 0.3) is 0 Å². The fourth-order valence-electron chi connectivity index (χ4n) is 3.34. The number of unbranched alkanes of at least 4 members (excludes halogenated alkanes) is 1. The summed E-state index contributed by atoms with van der Waals surface area (Å²) in [6.45, 7) is 4.11. The number of nitrogens with zero attached hydrogens (tertiary/aromatic N) is 1. The molecule has 1 heterocycles. The number of likely N-dealkylation sites (N-methyl/N-ethyl adjacent to an activating group) is 1. The van der Waals surface area contributed by atoms with E-state index in [4.69, 9.17) is 0 Å². The maximum atomic E-state index is 12.7. The molecule has 1 unspecified atom stereocenters. The van der Waals surface area contributed by atoms with Crippen LogP contribution in [0.25, 0.3) is 0 Å². The Balaban J connectivity index is 2.55. The number of Topliss-reactive ketones (excluding diaryl/α,β-unsaturated/α-hetero) is 1. The van der Waals surface area contributed by atoms with E-state index in [1.54, 1.807) is 7.05 Å². The van der Waals surface area contributed by atoms with E-state index >= 15 is 0 Å². The van der Waals surface area contributed by atoms with Crippen molar-refractivity contribution in [2.24, 2.45) is 5.92 Å². The number of hydrogen-bond donors (Lipinski definition) is 3. The van der Waals surface area contributed by atoms with E-state index in [0.29, 0.717) is 25.8 Å². The lowest BCUT2D eigenvalue weighted by Gasteiger charge is -2.22. The van der Waals surface area contributed by atoms with Crippen LogP contribution in [-0.2, 0) is 24.0 Å². The summed E-state index contributed by atoms with van der Waals surface area (Å²) in [4.78, 5) is 61.0. The number of carbonyl (C=O) groups excluding carboxylic acids is 5. The molecule has 0 aromatic heterocycles. The second-order valence-electron chi connectivity index (χ2n) is 7.45. The minimum Gasteiger partial charge on any atom is -0.346 e. The van der Waals surface area contributed by atoms with Crippen molar-refractivity contribution in [2.75, 3.05) is 26.7 Å². The van der Waals surface area contributed by atoms with E-state index in [-0.39, 0.29) is 55.4 Å². The standard InChI is InChI=1S/C20H34N4O5/c1-4-7-14(2)20(29)15(23-17(26)13-22-16(25)12-21-3)8-5-6-11-24-18(27)9-10-19(24)28/h14-15,21H,4-13H2,1-3H3,(H,22,25)(H,23,26)/t14?,15-/m0/s1. The van der Waals surface area contributed by atoms with E-state index in [2.05, 4.69) is 16.0 Å². The third kappa shape index (κ3) is 8.72. The Kier molecular flexibility index (Phi) is 11.1. The average molecular weight is 411 g/mol. The molecule has 29 heavy (non-hydrogen) atoms. The first-order valence-corrected chi connectivity index (χ1v) is 10.4. The normalized spacial score (nSPS) is 15.9. The summed E-state index contributed by atoms with van der Waals surface area (Å²) >= 11 is 0. The van der Waals surface area contributed by atoms with Crippen LogP contribution in [-0.4, -0.2) is 67.0 Å². The molecule has 164 valence electrons. The van der Waals surface area contributed by atoms with Gasteiger partial charge in [-0.15, -0.1) is 0 Å². The highest BCUT2D eigenvalue weighted by atomic mass is 16.2. The number of likely N-dealkylation sites (tertiary alicyclic amines) is 1. The lowest BCUT2D eigenvalue weighted by molar-refractivity contribution is -0.138. The molecule has 1 saturated heterocycles. The van der Waals surface area contributed by atoms with Gasteiger partial charge >= 0.3 is 0 Å². The fraction of sp³-hybridized carbons (Fsp3) is 0.750. The first kappa shape index (κ1) is 24.7. The molecule has 0 spiro atoms. The van der Waals surface area contributed by atoms with Crippen molar-refractivity contribution in [1.29, 1.82) is 0 Å². The molecule has 2 atom stereocenters. The molecule has 0 aliphatic carbocycles. The van der Waals surface area contributed by atoms with Gasteiger partial charge in [-0.3, -0.25) is 28.9 Å². The summed E-state index contributed by atoms with van der Waals surface area (Å²) in [7, 11) is 1.63. The number of carbonyl (C=O) groups is 5. The van der Waals surface area contributed by atoms with Crippen molar-refractivity contribution in [3.8, 4) is 0 Å². The van der Waals surface area contributed by atoms with E-state index in [9.17, 15) is 24.0 Å². The fourth-order valence-corrected chi connectivity index (χ4v) is 3.34. The van der Waals surface area contributed by atoms with Gasteiger partial charge in [0.2, 0.25) is 23.6 Å². The first-order chi connectivity index (χ1) is 13.8. The predicted molar refractivity (Wildman–Crippen MR) is 108 cm³/mol. The highest BCUT2D eigenvalue weighted by Crippen LogP contribution is 2.15. The molecule has 4 amide bonds. The van der Waals surface area contributed by atoms with Crippen molar-refractivity contribution < 1.29 is 24.0 Å². The summed E-state index contributed by atoms with van der Waals surface area (Å²) in [6, 6.07) is -0.643. The number of hydrogen-bond acceptors (Lipinski definition) is 6. The van der Waals surface area contributed by atoms with Crippen LogP contribution in [0.1, 0.15) is 58.8 Å². The Hall–Kier alpha value is -2.29. The quantitative estimate of drug-likeness (QED) is 0.276. The molecule has 9 heteroatoms. The molecule has 0 bridgehead atoms. The molecule has 0 radical (unpaired) electrons. The van der Waals surface area contributed by atoms with Crippen molar-refractivity contribution in [3.05, 3.63) is 0 Å². The van der Waals surface area contributed by atoms with E-state index in [1.807, 2.05) is 13.8 Å².